The van der Waals surface area contributed by atoms with Crippen LogP contribution >= 0.6 is 0 Å². The van der Waals surface area contributed by atoms with Gasteiger partial charge in [-0.15, -0.1) is 0 Å². The van der Waals surface area contributed by atoms with Crippen molar-refractivity contribution in [2.45, 2.75) is 26.3 Å². The van der Waals surface area contributed by atoms with Crippen LogP contribution in [0.15, 0.2) is 47.5 Å². The highest BCUT2D eigenvalue weighted by Gasteiger charge is 2.17. The van der Waals surface area contributed by atoms with Gasteiger partial charge in [-0.1, -0.05) is 30.3 Å². The molecule has 162 valence electrons. The molecule has 4 rings (SSSR count). The molecule has 3 heterocycles. The molecule has 1 saturated heterocycles. The van der Waals surface area contributed by atoms with Crippen molar-refractivity contribution in [3.63, 3.8) is 0 Å². The van der Waals surface area contributed by atoms with Crippen molar-refractivity contribution in [1.29, 1.82) is 0 Å². The molecule has 0 saturated carbocycles. The van der Waals surface area contributed by atoms with Gasteiger partial charge >= 0.3 is 0 Å². The van der Waals surface area contributed by atoms with Crippen molar-refractivity contribution >= 4 is 17.5 Å². The molecule has 2 aromatic heterocycles. The molecule has 1 aliphatic rings. The zero-order valence-electron chi connectivity index (χ0n) is 17.5. The molecule has 0 atom stereocenters. The van der Waals surface area contributed by atoms with Crippen LogP contribution in [0.25, 0.3) is 0 Å². The van der Waals surface area contributed by atoms with Crippen LogP contribution in [0.1, 0.15) is 23.2 Å². The van der Waals surface area contributed by atoms with Crippen molar-refractivity contribution in [2.75, 3.05) is 36.5 Å². The van der Waals surface area contributed by atoms with Gasteiger partial charge in [0.25, 0.3) is 5.56 Å². The number of carbonyl (C=O) groups is 1. The predicted octanol–water partition coefficient (Wildman–Crippen LogP) is 1.73. The Morgan fingerprint density at radius 3 is 2.74 bits per heavy atom. The van der Waals surface area contributed by atoms with E-state index >= 15 is 0 Å². The van der Waals surface area contributed by atoms with Gasteiger partial charge in [0.15, 0.2) is 0 Å². The number of benzene rings is 1. The molecule has 0 radical (unpaired) electrons. The Morgan fingerprint density at radius 2 is 2.00 bits per heavy atom. The van der Waals surface area contributed by atoms with Gasteiger partial charge in [-0.05, 0) is 18.9 Å². The summed E-state index contributed by atoms with van der Waals surface area (Å²) in [6.07, 6.45) is 3.92. The standard InChI is InChI=1S/C22H26N6O3/c1-16-19(21(30)26-22(24-16)27-9-11-31-12-10-27)7-8-20(29)25-18-13-23-28(15-18)14-17-5-3-2-4-6-17/h2-6,13,15H,7-12,14H2,1H3,(H,25,29)(H,24,26,30). The lowest BCUT2D eigenvalue weighted by Gasteiger charge is -2.27. The fourth-order valence-electron chi connectivity index (χ4n) is 3.56. The molecule has 9 nitrogen and oxygen atoms in total. The number of amides is 1. The highest BCUT2D eigenvalue weighted by Crippen LogP contribution is 2.12. The highest BCUT2D eigenvalue weighted by atomic mass is 16.5. The number of aryl methyl sites for hydroxylation is 1. The van der Waals surface area contributed by atoms with E-state index in [4.69, 9.17) is 4.74 Å². The minimum Gasteiger partial charge on any atom is -0.378 e. The number of anilines is 2. The summed E-state index contributed by atoms with van der Waals surface area (Å²) < 4.78 is 7.11. The van der Waals surface area contributed by atoms with Crippen molar-refractivity contribution in [2.24, 2.45) is 0 Å². The first-order chi connectivity index (χ1) is 15.1. The third-order valence-corrected chi connectivity index (χ3v) is 5.23. The van der Waals surface area contributed by atoms with Gasteiger partial charge in [0.05, 0.1) is 31.6 Å². The number of hydrogen-bond donors (Lipinski definition) is 2. The number of aromatic amines is 1. The first-order valence-electron chi connectivity index (χ1n) is 10.4. The fourth-order valence-corrected chi connectivity index (χ4v) is 3.56. The smallest absolute Gasteiger partial charge is 0.255 e. The molecular weight excluding hydrogens is 396 g/mol. The number of rotatable bonds is 7. The zero-order chi connectivity index (χ0) is 21.6. The van der Waals surface area contributed by atoms with E-state index in [0.29, 0.717) is 62.2 Å². The predicted molar refractivity (Wildman–Crippen MR) is 117 cm³/mol. The average molecular weight is 422 g/mol. The van der Waals surface area contributed by atoms with Crippen LogP contribution in [0.2, 0.25) is 0 Å². The molecule has 9 heteroatoms. The van der Waals surface area contributed by atoms with Crippen LogP contribution in [0, 0.1) is 6.92 Å². The molecular formula is C22H26N6O3. The summed E-state index contributed by atoms with van der Waals surface area (Å²) in [6, 6.07) is 9.98. The third-order valence-electron chi connectivity index (χ3n) is 5.23. The van der Waals surface area contributed by atoms with E-state index in [9.17, 15) is 9.59 Å². The number of morpholine rings is 1. The lowest BCUT2D eigenvalue weighted by atomic mass is 10.1. The normalized spacial score (nSPS) is 13.9. The van der Waals surface area contributed by atoms with Crippen molar-refractivity contribution in [1.82, 2.24) is 19.7 Å². The Bertz CT molecular complexity index is 1090. The number of aromatic nitrogens is 4. The fraction of sp³-hybridized carbons (Fsp3) is 0.364. The zero-order valence-corrected chi connectivity index (χ0v) is 17.5. The van der Waals surface area contributed by atoms with Crippen LogP contribution in [0.5, 0.6) is 0 Å². The van der Waals surface area contributed by atoms with Crippen LogP contribution in [0.3, 0.4) is 0 Å². The molecule has 1 aliphatic heterocycles. The minimum atomic E-state index is -0.197. The topological polar surface area (TPSA) is 105 Å². The molecule has 0 spiro atoms. The van der Waals surface area contributed by atoms with Gasteiger partial charge in [-0.3, -0.25) is 19.3 Å². The Hall–Kier alpha value is -3.46. The molecule has 0 aliphatic carbocycles. The maximum absolute atomic E-state index is 12.6. The minimum absolute atomic E-state index is 0.171. The molecule has 1 fully saturated rings. The van der Waals surface area contributed by atoms with Crippen molar-refractivity contribution < 1.29 is 9.53 Å². The van der Waals surface area contributed by atoms with Gasteiger partial charge in [0.1, 0.15) is 0 Å². The molecule has 0 bridgehead atoms. The quantitative estimate of drug-likeness (QED) is 0.601. The SMILES string of the molecule is Cc1nc(N2CCOCC2)[nH]c(=O)c1CCC(=O)Nc1cnn(Cc2ccccc2)c1. The molecule has 2 N–H and O–H groups in total. The Labute approximate surface area is 180 Å². The molecule has 31 heavy (non-hydrogen) atoms. The Balaban J connectivity index is 1.33. The summed E-state index contributed by atoms with van der Waals surface area (Å²) in [5.41, 5.74) is 2.75. The van der Waals surface area contributed by atoms with Crippen LogP contribution in [-0.2, 0) is 22.5 Å². The number of hydrogen-bond acceptors (Lipinski definition) is 6. The lowest BCUT2D eigenvalue weighted by molar-refractivity contribution is -0.116. The third kappa shape index (κ3) is 5.37. The van der Waals surface area contributed by atoms with Crippen LogP contribution < -0.4 is 15.8 Å². The Morgan fingerprint density at radius 1 is 1.23 bits per heavy atom. The summed E-state index contributed by atoms with van der Waals surface area (Å²) in [5, 5.41) is 7.13. The van der Waals surface area contributed by atoms with Gasteiger partial charge in [-0.2, -0.15) is 5.10 Å². The maximum atomic E-state index is 12.6. The van der Waals surface area contributed by atoms with Crippen molar-refractivity contribution in [3.8, 4) is 0 Å². The van der Waals surface area contributed by atoms with E-state index < -0.39 is 0 Å². The Kier molecular flexibility index (Phi) is 6.42. The van der Waals surface area contributed by atoms with Gasteiger partial charge < -0.3 is 15.0 Å². The van der Waals surface area contributed by atoms with E-state index in [2.05, 4.69) is 20.4 Å². The number of ether oxygens (including phenoxy) is 1. The second-order valence-electron chi connectivity index (χ2n) is 7.51. The maximum Gasteiger partial charge on any atom is 0.255 e. The number of H-pyrrole nitrogens is 1. The molecule has 1 aromatic carbocycles. The molecule has 3 aromatic rings. The lowest BCUT2D eigenvalue weighted by Crippen LogP contribution is -2.38. The summed E-state index contributed by atoms with van der Waals surface area (Å²) in [4.78, 5) is 34.3. The van der Waals surface area contributed by atoms with Gasteiger partial charge in [0.2, 0.25) is 11.9 Å². The first-order valence-corrected chi connectivity index (χ1v) is 10.4. The van der Waals surface area contributed by atoms with Crippen LogP contribution in [0.4, 0.5) is 11.6 Å². The van der Waals surface area contributed by atoms with Gasteiger partial charge in [0, 0.05) is 37.0 Å². The van der Waals surface area contributed by atoms with Crippen molar-refractivity contribution in [3.05, 3.63) is 69.9 Å². The summed E-state index contributed by atoms with van der Waals surface area (Å²) in [7, 11) is 0. The van der Waals surface area contributed by atoms with E-state index in [0.717, 1.165) is 5.56 Å². The molecule has 1 amide bonds. The average Bonchev–Trinajstić information content (AvgIpc) is 3.21. The largest absolute Gasteiger partial charge is 0.378 e. The summed E-state index contributed by atoms with van der Waals surface area (Å²) in [5.74, 6) is 0.389. The highest BCUT2D eigenvalue weighted by molar-refractivity contribution is 5.90. The van der Waals surface area contributed by atoms with E-state index in [1.54, 1.807) is 24.0 Å². The van der Waals surface area contributed by atoms with E-state index in [1.165, 1.54) is 0 Å². The summed E-state index contributed by atoms with van der Waals surface area (Å²) >= 11 is 0. The van der Waals surface area contributed by atoms with Crippen LogP contribution in [-0.4, -0.2) is 52.0 Å². The molecule has 0 unspecified atom stereocenters. The second-order valence-corrected chi connectivity index (χ2v) is 7.51. The van der Waals surface area contributed by atoms with Gasteiger partial charge in [-0.25, -0.2) is 4.98 Å². The monoisotopic (exact) mass is 422 g/mol. The van der Waals surface area contributed by atoms with E-state index in [-0.39, 0.29) is 17.9 Å². The first kappa shape index (κ1) is 20.8. The number of carbonyl (C=O) groups excluding carboxylic acids is 1. The number of nitrogens with one attached hydrogen (secondary N) is 2. The second kappa shape index (κ2) is 9.57. The summed E-state index contributed by atoms with van der Waals surface area (Å²) in [6.45, 7) is 5.07. The van der Waals surface area contributed by atoms with E-state index in [1.807, 2.05) is 35.2 Å². The number of nitrogens with zero attached hydrogens (tertiary/aromatic N) is 4.